The highest BCUT2D eigenvalue weighted by Gasteiger charge is 2.35. The van der Waals surface area contributed by atoms with Crippen molar-refractivity contribution in [1.82, 2.24) is 14.7 Å². The van der Waals surface area contributed by atoms with Gasteiger partial charge in [0.15, 0.2) is 0 Å². The van der Waals surface area contributed by atoms with E-state index in [1.165, 1.54) is 13.1 Å². The Morgan fingerprint density at radius 3 is 2.42 bits per heavy atom. The van der Waals surface area contributed by atoms with Gasteiger partial charge in [0.1, 0.15) is 18.8 Å². The molecule has 0 aliphatic heterocycles. The van der Waals surface area contributed by atoms with Gasteiger partial charge < -0.3 is 10.0 Å². The van der Waals surface area contributed by atoms with E-state index in [0.29, 0.717) is 5.69 Å². The van der Waals surface area contributed by atoms with Crippen molar-refractivity contribution in [2.75, 3.05) is 13.1 Å². The first-order valence-electron chi connectivity index (χ1n) is 5.18. The summed E-state index contributed by atoms with van der Waals surface area (Å²) in [7, 11) is 1.40. The van der Waals surface area contributed by atoms with Gasteiger partial charge in [-0.1, -0.05) is 0 Å². The third kappa shape index (κ3) is 4.27. The van der Waals surface area contributed by atoms with Crippen molar-refractivity contribution in [1.29, 1.82) is 0 Å². The van der Waals surface area contributed by atoms with Crippen molar-refractivity contribution in [2.24, 2.45) is 7.05 Å². The van der Waals surface area contributed by atoms with Crippen molar-refractivity contribution in [3.8, 4) is 0 Å². The van der Waals surface area contributed by atoms with Crippen LogP contribution < -0.4 is 0 Å². The van der Waals surface area contributed by atoms with Crippen LogP contribution in [0.4, 0.5) is 13.2 Å². The molecular formula is C10H12F3N3O3. The molecule has 0 radical (unpaired) electrons. The zero-order valence-electron chi connectivity index (χ0n) is 10.2. The third-order valence-corrected chi connectivity index (χ3v) is 2.20. The number of rotatable bonds is 4. The largest absolute Gasteiger partial charge is 0.480 e. The number of carboxylic acid groups (broad SMARTS) is 1. The molecule has 0 unspecified atom stereocenters. The molecule has 1 aromatic rings. The molecule has 0 aliphatic rings. The van der Waals surface area contributed by atoms with E-state index in [1.54, 1.807) is 6.92 Å². The van der Waals surface area contributed by atoms with Crippen LogP contribution in [0.1, 0.15) is 16.2 Å². The topological polar surface area (TPSA) is 75.4 Å². The fraction of sp³-hybridized carbons (Fsp3) is 0.500. The normalized spacial score (nSPS) is 11.4. The second kappa shape index (κ2) is 5.29. The van der Waals surface area contributed by atoms with Crippen LogP contribution in [-0.2, 0) is 11.8 Å². The van der Waals surface area contributed by atoms with Crippen LogP contribution in [0, 0.1) is 6.92 Å². The molecule has 106 valence electrons. The number of amides is 1. The minimum absolute atomic E-state index is 0.0944. The van der Waals surface area contributed by atoms with Crippen LogP contribution in [0.15, 0.2) is 6.07 Å². The summed E-state index contributed by atoms with van der Waals surface area (Å²) in [6, 6.07) is 1.30. The van der Waals surface area contributed by atoms with Crippen molar-refractivity contribution in [3.05, 3.63) is 17.5 Å². The highest BCUT2D eigenvalue weighted by Crippen LogP contribution is 2.18. The highest BCUT2D eigenvalue weighted by molar-refractivity contribution is 5.94. The number of nitrogens with zero attached hydrogens (tertiary/aromatic N) is 3. The van der Waals surface area contributed by atoms with E-state index in [2.05, 4.69) is 5.10 Å². The average Bonchev–Trinajstić information content (AvgIpc) is 2.53. The lowest BCUT2D eigenvalue weighted by Gasteiger charge is -2.21. The smallest absolute Gasteiger partial charge is 0.406 e. The van der Waals surface area contributed by atoms with Crippen LogP contribution in [0.3, 0.4) is 0 Å². The predicted molar refractivity (Wildman–Crippen MR) is 57.5 cm³/mol. The van der Waals surface area contributed by atoms with Crippen molar-refractivity contribution in [3.63, 3.8) is 0 Å². The Labute approximate surface area is 106 Å². The van der Waals surface area contributed by atoms with Crippen molar-refractivity contribution in [2.45, 2.75) is 13.1 Å². The lowest BCUT2D eigenvalue weighted by molar-refractivity contribution is -0.149. The summed E-state index contributed by atoms with van der Waals surface area (Å²) in [5.74, 6) is -2.54. The summed E-state index contributed by atoms with van der Waals surface area (Å²) < 4.78 is 38.1. The first kappa shape index (κ1) is 15.0. The van der Waals surface area contributed by atoms with E-state index in [9.17, 15) is 22.8 Å². The lowest BCUT2D eigenvalue weighted by Crippen LogP contribution is -2.42. The molecule has 1 N–H and O–H groups in total. The summed E-state index contributed by atoms with van der Waals surface area (Å²) in [4.78, 5) is 22.7. The Morgan fingerprint density at radius 2 is 2.05 bits per heavy atom. The molecule has 0 aliphatic carbocycles. The van der Waals surface area contributed by atoms with Gasteiger partial charge in [-0.2, -0.15) is 18.3 Å². The molecule has 1 aromatic heterocycles. The summed E-state index contributed by atoms with van der Waals surface area (Å²) >= 11 is 0. The number of hydrogen-bond acceptors (Lipinski definition) is 3. The van der Waals surface area contributed by atoms with Crippen LogP contribution in [0.5, 0.6) is 0 Å². The first-order valence-corrected chi connectivity index (χ1v) is 5.18. The number of carboxylic acids is 1. The monoisotopic (exact) mass is 279 g/mol. The maximum atomic E-state index is 12.3. The summed E-state index contributed by atoms with van der Waals surface area (Å²) in [5.41, 5.74) is 0.358. The molecule has 1 heterocycles. The Hall–Kier alpha value is -2.06. The van der Waals surface area contributed by atoms with Gasteiger partial charge in [-0.3, -0.25) is 14.3 Å². The zero-order valence-corrected chi connectivity index (χ0v) is 10.2. The molecule has 1 rings (SSSR count). The van der Waals surface area contributed by atoms with Crippen LogP contribution in [-0.4, -0.2) is 50.9 Å². The number of hydrogen-bond donors (Lipinski definition) is 1. The molecule has 0 saturated heterocycles. The first-order chi connectivity index (χ1) is 8.60. The molecule has 0 bridgehead atoms. The third-order valence-electron chi connectivity index (χ3n) is 2.20. The second-order valence-electron chi connectivity index (χ2n) is 3.96. The number of aromatic nitrogens is 2. The standard InChI is InChI=1S/C10H12F3N3O3/c1-6-3-7(15(2)14-6)9(19)16(4-8(17)18)5-10(11,12)13/h3H,4-5H2,1-2H3,(H,17,18). The van der Waals surface area contributed by atoms with E-state index in [4.69, 9.17) is 5.11 Å². The number of aryl methyl sites for hydroxylation is 2. The fourth-order valence-electron chi connectivity index (χ4n) is 1.55. The number of carbonyl (C=O) groups excluding carboxylic acids is 1. The number of carbonyl (C=O) groups is 2. The maximum Gasteiger partial charge on any atom is 0.406 e. The lowest BCUT2D eigenvalue weighted by atomic mass is 10.3. The van der Waals surface area contributed by atoms with Gasteiger partial charge in [-0.25, -0.2) is 0 Å². The molecule has 0 fully saturated rings. The SMILES string of the molecule is Cc1cc(C(=O)N(CC(=O)O)CC(F)(F)F)n(C)n1. The zero-order chi connectivity index (χ0) is 14.8. The molecule has 1 amide bonds. The Morgan fingerprint density at radius 1 is 1.47 bits per heavy atom. The van der Waals surface area contributed by atoms with Crippen LogP contribution in [0.2, 0.25) is 0 Å². The van der Waals surface area contributed by atoms with E-state index in [0.717, 1.165) is 4.68 Å². The summed E-state index contributed by atoms with van der Waals surface area (Å²) in [6.45, 7) is -1.08. The van der Waals surface area contributed by atoms with Gasteiger partial charge in [0.25, 0.3) is 5.91 Å². The van der Waals surface area contributed by atoms with Gasteiger partial charge in [-0.05, 0) is 13.0 Å². The minimum Gasteiger partial charge on any atom is -0.480 e. The molecular weight excluding hydrogens is 267 g/mol. The van der Waals surface area contributed by atoms with E-state index in [-0.39, 0.29) is 10.6 Å². The van der Waals surface area contributed by atoms with Gasteiger partial charge in [0.2, 0.25) is 0 Å². The molecule has 0 spiro atoms. The Bertz CT molecular complexity index is 496. The van der Waals surface area contributed by atoms with E-state index >= 15 is 0 Å². The molecule has 19 heavy (non-hydrogen) atoms. The summed E-state index contributed by atoms with van der Waals surface area (Å²) in [5, 5.41) is 12.4. The average molecular weight is 279 g/mol. The molecule has 6 nitrogen and oxygen atoms in total. The Kier molecular flexibility index (Phi) is 4.17. The number of halogens is 3. The van der Waals surface area contributed by atoms with Crippen molar-refractivity contribution >= 4 is 11.9 Å². The number of aliphatic carboxylic acids is 1. The van der Waals surface area contributed by atoms with E-state index < -0.39 is 31.1 Å². The number of alkyl halides is 3. The van der Waals surface area contributed by atoms with Gasteiger partial charge in [-0.15, -0.1) is 0 Å². The van der Waals surface area contributed by atoms with Gasteiger partial charge >= 0.3 is 12.1 Å². The quantitative estimate of drug-likeness (QED) is 0.885. The molecule has 0 atom stereocenters. The minimum atomic E-state index is -4.67. The Balaban J connectivity index is 3.00. The van der Waals surface area contributed by atoms with E-state index in [1.807, 2.05) is 0 Å². The maximum absolute atomic E-state index is 12.3. The van der Waals surface area contributed by atoms with Crippen LogP contribution >= 0.6 is 0 Å². The van der Waals surface area contributed by atoms with Gasteiger partial charge in [0, 0.05) is 7.05 Å². The highest BCUT2D eigenvalue weighted by atomic mass is 19.4. The van der Waals surface area contributed by atoms with Gasteiger partial charge in [0.05, 0.1) is 5.69 Å². The second-order valence-corrected chi connectivity index (χ2v) is 3.96. The molecule has 9 heteroatoms. The summed E-state index contributed by atoms with van der Waals surface area (Å²) in [6.07, 6.45) is -4.67. The van der Waals surface area contributed by atoms with Crippen LogP contribution in [0.25, 0.3) is 0 Å². The molecule has 0 saturated carbocycles. The predicted octanol–water partition coefficient (Wildman–Crippen LogP) is 0.818. The molecule has 0 aromatic carbocycles. The van der Waals surface area contributed by atoms with Crippen molar-refractivity contribution < 1.29 is 27.9 Å². The fourth-order valence-corrected chi connectivity index (χ4v) is 1.55.